The van der Waals surface area contributed by atoms with Crippen molar-refractivity contribution in [3.05, 3.63) is 64.7 Å². The molecule has 0 radical (unpaired) electrons. The van der Waals surface area contributed by atoms with Crippen LogP contribution < -0.4 is 10.1 Å². The Labute approximate surface area is 132 Å². The zero-order valence-corrected chi connectivity index (χ0v) is 13.4. The molecule has 0 bridgehead atoms. The Kier molecular flexibility index (Phi) is 6.09. The van der Waals surface area contributed by atoms with Crippen LogP contribution in [0.4, 0.5) is 0 Å². The monoisotopic (exact) mass is 303 g/mol. The third-order valence-electron chi connectivity index (χ3n) is 3.49. The summed E-state index contributed by atoms with van der Waals surface area (Å²) < 4.78 is 5.50. The Bertz CT molecular complexity index is 556. The van der Waals surface area contributed by atoms with Crippen molar-refractivity contribution in [3.8, 4) is 5.75 Å². The third-order valence-corrected chi connectivity index (χ3v) is 3.73. The number of ether oxygens (including phenoxy) is 1. The normalized spacial score (nSPS) is 12.1. The zero-order valence-electron chi connectivity index (χ0n) is 12.6. The molecule has 1 N–H and O–H groups in total. The van der Waals surface area contributed by atoms with Crippen LogP contribution in [-0.2, 0) is 6.42 Å². The van der Waals surface area contributed by atoms with Crippen LogP contribution in [0.5, 0.6) is 5.75 Å². The molecule has 0 aliphatic heterocycles. The van der Waals surface area contributed by atoms with Gasteiger partial charge in [-0.25, -0.2) is 0 Å². The highest BCUT2D eigenvalue weighted by Crippen LogP contribution is 2.30. The van der Waals surface area contributed by atoms with Gasteiger partial charge in [0, 0.05) is 16.6 Å². The van der Waals surface area contributed by atoms with Crippen LogP contribution >= 0.6 is 11.6 Å². The minimum Gasteiger partial charge on any atom is -0.496 e. The molecule has 2 aromatic rings. The average Bonchev–Trinajstić information content (AvgIpc) is 2.52. The quantitative estimate of drug-likeness (QED) is 0.805. The predicted octanol–water partition coefficient (Wildman–Crippen LogP) is 4.63. The molecule has 21 heavy (non-hydrogen) atoms. The Morgan fingerprint density at radius 3 is 2.57 bits per heavy atom. The van der Waals surface area contributed by atoms with Crippen molar-refractivity contribution in [2.75, 3.05) is 13.7 Å². The van der Waals surface area contributed by atoms with Crippen LogP contribution in [0.15, 0.2) is 48.5 Å². The molecule has 3 heteroatoms. The maximum absolute atomic E-state index is 6.17. The summed E-state index contributed by atoms with van der Waals surface area (Å²) in [6.45, 7) is 3.13. The molecule has 2 rings (SSSR count). The molecular weight excluding hydrogens is 282 g/mol. The summed E-state index contributed by atoms with van der Waals surface area (Å²) in [6.07, 6.45) is 2.01. The highest BCUT2D eigenvalue weighted by molar-refractivity contribution is 6.30. The van der Waals surface area contributed by atoms with Gasteiger partial charge < -0.3 is 10.1 Å². The molecule has 0 aromatic heterocycles. The third kappa shape index (κ3) is 4.48. The van der Waals surface area contributed by atoms with Crippen molar-refractivity contribution in [1.82, 2.24) is 5.32 Å². The first-order valence-electron chi connectivity index (χ1n) is 7.35. The maximum atomic E-state index is 6.17. The van der Waals surface area contributed by atoms with Gasteiger partial charge in [0.1, 0.15) is 5.75 Å². The summed E-state index contributed by atoms with van der Waals surface area (Å²) in [5, 5.41) is 4.34. The lowest BCUT2D eigenvalue weighted by molar-refractivity contribution is 0.398. The van der Waals surface area contributed by atoms with Gasteiger partial charge in [0.15, 0.2) is 0 Å². The van der Waals surface area contributed by atoms with E-state index in [2.05, 4.69) is 36.5 Å². The van der Waals surface area contributed by atoms with E-state index in [0.29, 0.717) is 0 Å². The molecule has 112 valence electrons. The van der Waals surface area contributed by atoms with Crippen molar-refractivity contribution in [2.45, 2.75) is 25.8 Å². The zero-order chi connectivity index (χ0) is 15.1. The van der Waals surface area contributed by atoms with Crippen LogP contribution in [0.1, 0.15) is 30.5 Å². The van der Waals surface area contributed by atoms with Gasteiger partial charge >= 0.3 is 0 Å². The lowest BCUT2D eigenvalue weighted by atomic mass is 9.98. The van der Waals surface area contributed by atoms with E-state index < -0.39 is 0 Å². The summed E-state index contributed by atoms with van der Waals surface area (Å²) in [7, 11) is 1.70. The number of hydrogen-bond donors (Lipinski definition) is 1. The van der Waals surface area contributed by atoms with E-state index in [0.717, 1.165) is 35.7 Å². The van der Waals surface area contributed by atoms with Crippen molar-refractivity contribution >= 4 is 11.6 Å². The van der Waals surface area contributed by atoms with Gasteiger partial charge in [-0.1, -0.05) is 48.9 Å². The molecule has 0 amide bonds. The fraction of sp³-hybridized carbons (Fsp3) is 0.333. The van der Waals surface area contributed by atoms with Gasteiger partial charge in [-0.15, -0.1) is 0 Å². The van der Waals surface area contributed by atoms with E-state index in [4.69, 9.17) is 16.3 Å². The van der Waals surface area contributed by atoms with Crippen molar-refractivity contribution in [3.63, 3.8) is 0 Å². The van der Waals surface area contributed by atoms with E-state index in [9.17, 15) is 0 Å². The summed E-state index contributed by atoms with van der Waals surface area (Å²) in [5.41, 5.74) is 2.41. The summed E-state index contributed by atoms with van der Waals surface area (Å²) in [6, 6.07) is 16.5. The lowest BCUT2D eigenvalue weighted by Gasteiger charge is -2.22. The van der Waals surface area contributed by atoms with Gasteiger partial charge in [0.05, 0.1) is 7.11 Å². The summed E-state index contributed by atoms with van der Waals surface area (Å²) in [5.74, 6) is 0.879. The number of benzene rings is 2. The van der Waals surface area contributed by atoms with E-state index in [1.807, 2.05) is 24.3 Å². The highest BCUT2D eigenvalue weighted by Gasteiger charge is 2.16. The number of methoxy groups -OCH3 is 1. The fourth-order valence-corrected chi connectivity index (χ4v) is 2.62. The van der Waals surface area contributed by atoms with Crippen LogP contribution in [0.3, 0.4) is 0 Å². The SMILES string of the molecule is CCCNC(Cc1ccccc1)c1cc(Cl)ccc1OC. The molecule has 0 heterocycles. The first-order chi connectivity index (χ1) is 10.2. The first-order valence-corrected chi connectivity index (χ1v) is 7.73. The number of halogens is 1. The fourth-order valence-electron chi connectivity index (χ4n) is 2.44. The second kappa shape index (κ2) is 8.06. The minimum absolute atomic E-state index is 0.195. The molecular formula is C18H22ClNO. The summed E-state index contributed by atoms with van der Waals surface area (Å²) in [4.78, 5) is 0. The molecule has 0 saturated heterocycles. The molecule has 1 atom stereocenters. The molecule has 2 aromatic carbocycles. The molecule has 0 aliphatic rings. The van der Waals surface area contributed by atoms with Gasteiger partial charge in [-0.05, 0) is 43.1 Å². The van der Waals surface area contributed by atoms with Crippen LogP contribution in [0, 0.1) is 0 Å². The smallest absolute Gasteiger partial charge is 0.123 e. The second-order valence-corrected chi connectivity index (χ2v) is 5.52. The molecule has 0 fully saturated rings. The van der Waals surface area contributed by atoms with E-state index in [-0.39, 0.29) is 6.04 Å². The molecule has 0 saturated carbocycles. The van der Waals surface area contributed by atoms with Crippen molar-refractivity contribution in [2.24, 2.45) is 0 Å². The predicted molar refractivity (Wildman–Crippen MR) is 89.2 cm³/mol. The number of nitrogens with one attached hydrogen (secondary N) is 1. The van der Waals surface area contributed by atoms with Crippen LogP contribution in [0.2, 0.25) is 5.02 Å². The van der Waals surface area contributed by atoms with Gasteiger partial charge in [0.2, 0.25) is 0 Å². The molecule has 1 unspecified atom stereocenters. The Hall–Kier alpha value is -1.51. The Morgan fingerprint density at radius 1 is 1.14 bits per heavy atom. The minimum atomic E-state index is 0.195. The second-order valence-electron chi connectivity index (χ2n) is 5.08. The molecule has 0 spiro atoms. The van der Waals surface area contributed by atoms with Gasteiger partial charge in [-0.3, -0.25) is 0 Å². The maximum Gasteiger partial charge on any atom is 0.123 e. The average molecular weight is 304 g/mol. The van der Waals surface area contributed by atoms with Gasteiger partial charge in [0.25, 0.3) is 0 Å². The number of hydrogen-bond acceptors (Lipinski definition) is 2. The largest absolute Gasteiger partial charge is 0.496 e. The van der Waals surface area contributed by atoms with Crippen LogP contribution in [-0.4, -0.2) is 13.7 Å². The van der Waals surface area contributed by atoms with E-state index >= 15 is 0 Å². The number of rotatable bonds is 7. The standard InChI is InChI=1S/C18H22ClNO/c1-3-11-20-17(12-14-7-5-4-6-8-14)16-13-15(19)9-10-18(16)21-2/h4-10,13,17,20H,3,11-12H2,1-2H3. The Morgan fingerprint density at radius 2 is 1.90 bits per heavy atom. The highest BCUT2D eigenvalue weighted by atomic mass is 35.5. The van der Waals surface area contributed by atoms with Gasteiger partial charge in [-0.2, -0.15) is 0 Å². The Balaban J connectivity index is 2.28. The van der Waals surface area contributed by atoms with Crippen molar-refractivity contribution < 1.29 is 4.74 Å². The lowest BCUT2D eigenvalue weighted by Crippen LogP contribution is -2.24. The topological polar surface area (TPSA) is 21.3 Å². The van der Waals surface area contributed by atoms with Crippen LogP contribution in [0.25, 0.3) is 0 Å². The molecule has 2 nitrogen and oxygen atoms in total. The van der Waals surface area contributed by atoms with E-state index in [1.54, 1.807) is 7.11 Å². The molecule has 0 aliphatic carbocycles. The summed E-state index contributed by atoms with van der Waals surface area (Å²) >= 11 is 6.17. The van der Waals surface area contributed by atoms with Crippen molar-refractivity contribution in [1.29, 1.82) is 0 Å². The first kappa shape index (κ1) is 15.9. The van der Waals surface area contributed by atoms with E-state index in [1.165, 1.54) is 5.56 Å².